The Morgan fingerprint density at radius 1 is 1.43 bits per heavy atom. The van der Waals surface area contributed by atoms with Crippen molar-refractivity contribution in [3.8, 4) is 0 Å². The highest BCUT2D eigenvalue weighted by molar-refractivity contribution is 9.09. The number of hydrogen-bond donors (Lipinski definition) is 0. The van der Waals surface area contributed by atoms with E-state index in [4.69, 9.17) is 4.74 Å². The summed E-state index contributed by atoms with van der Waals surface area (Å²) in [6.45, 7) is 6.20. The Kier molecular flexibility index (Phi) is 6.53. The summed E-state index contributed by atoms with van der Waals surface area (Å²) in [6, 6.07) is 0.134. The van der Waals surface area contributed by atoms with Crippen molar-refractivity contribution in [2.45, 2.75) is 26.8 Å². The fourth-order valence-electron chi connectivity index (χ4n) is 1.09. The van der Waals surface area contributed by atoms with Gasteiger partial charge in [0.25, 0.3) is 5.91 Å². The first-order valence-corrected chi connectivity index (χ1v) is 5.66. The Balaban J connectivity index is 3.99. The van der Waals surface area contributed by atoms with Gasteiger partial charge in [-0.2, -0.15) is 0 Å². The molecule has 0 bridgehead atoms. The Morgan fingerprint density at radius 2 is 2.00 bits per heavy atom. The molecule has 0 aromatic rings. The smallest absolute Gasteiger partial charge is 0.317 e. The number of carbonyl (C=O) groups excluding carboxylic acids is 2. The Morgan fingerprint density at radius 3 is 2.36 bits per heavy atom. The van der Waals surface area contributed by atoms with Crippen LogP contribution in [0.4, 0.5) is 0 Å². The summed E-state index contributed by atoms with van der Waals surface area (Å²) in [6.07, 6.45) is 0. The van der Waals surface area contributed by atoms with Gasteiger partial charge in [0.15, 0.2) is 6.61 Å². The molecule has 0 radical (unpaired) electrons. The molecule has 0 aliphatic carbocycles. The fourth-order valence-corrected chi connectivity index (χ4v) is 1.26. The number of carbonyl (C=O) groups is 2. The number of likely N-dealkylation sites (N-methyl/N-ethyl adjacent to an activating group) is 1. The van der Waals surface area contributed by atoms with Crippen LogP contribution in [0, 0.1) is 0 Å². The van der Waals surface area contributed by atoms with Gasteiger partial charge in [-0.3, -0.25) is 9.59 Å². The Labute approximate surface area is 92.7 Å². The molecule has 82 valence electrons. The number of alkyl halides is 1. The van der Waals surface area contributed by atoms with Crippen LogP contribution in [-0.2, 0) is 14.3 Å². The molecule has 0 heterocycles. The zero-order valence-electron chi connectivity index (χ0n) is 8.75. The van der Waals surface area contributed by atoms with E-state index in [0.29, 0.717) is 6.54 Å². The van der Waals surface area contributed by atoms with Gasteiger partial charge in [-0.1, -0.05) is 15.9 Å². The molecule has 0 rings (SSSR count). The summed E-state index contributed by atoms with van der Waals surface area (Å²) in [4.78, 5) is 23.9. The Bertz CT molecular complexity index is 206. The van der Waals surface area contributed by atoms with Crippen molar-refractivity contribution >= 4 is 27.8 Å². The number of hydrogen-bond acceptors (Lipinski definition) is 3. The summed E-state index contributed by atoms with van der Waals surface area (Å²) in [7, 11) is 0. The largest absolute Gasteiger partial charge is 0.455 e. The predicted molar refractivity (Wildman–Crippen MR) is 57.3 cm³/mol. The van der Waals surface area contributed by atoms with Gasteiger partial charge in [-0.15, -0.1) is 0 Å². The third-order valence-corrected chi connectivity index (χ3v) is 2.21. The number of nitrogens with zero attached hydrogens (tertiary/aromatic N) is 1. The zero-order valence-corrected chi connectivity index (χ0v) is 10.3. The first kappa shape index (κ1) is 13.4. The topological polar surface area (TPSA) is 46.6 Å². The molecule has 0 saturated carbocycles. The highest BCUT2D eigenvalue weighted by Crippen LogP contribution is 1.99. The number of esters is 1. The van der Waals surface area contributed by atoms with Crippen LogP contribution in [0.5, 0.6) is 0 Å². The first-order chi connectivity index (χ1) is 6.52. The average molecular weight is 266 g/mol. The molecule has 14 heavy (non-hydrogen) atoms. The summed E-state index contributed by atoms with van der Waals surface area (Å²) in [5.74, 6) is -0.574. The van der Waals surface area contributed by atoms with Crippen molar-refractivity contribution in [2.75, 3.05) is 18.5 Å². The van der Waals surface area contributed by atoms with Crippen molar-refractivity contribution in [1.29, 1.82) is 0 Å². The minimum Gasteiger partial charge on any atom is -0.455 e. The minimum absolute atomic E-state index is 0.119. The van der Waals surface area contributed by atoms with Crippen LogP contribution in [0.3, 0.4) is 0 Å². The van der Waals surface area contributed by atoms with Gasteiger partial charge in [-0.25, -0.2) is 0 Å². The molecular weight excluding hydrogens is 250 g/mol. The standard InChI is InChI=1S/C9H16BrNO3/c1-4-11(7(2)3)8(12)6-14-9(13)5-10/h7H,4-6H2,1-3H3. The molecule has 0 atom stereocenters. The van der Waals surface area contributed by atoms with E-state index < -0.39 is 5.97 Å². The lowest BCUT2D eigenvalue weighted by Crippen LogP contribution is -2.39. The summed E-state index contributed by atoms with van der Waals surface area (Å²) >= 11 is 2.95. The number of amides is 1. The van der Waals surface area contributed by atoms with Gasteiger partial charge in [0.1, 0.15) is 5.33 Å². The van der Waals surface area contributed by atoms with E-state index in [1.54, 1.807) is 4.90 Å². The highest BCUT2D eigenvalue weighted by Gasteiger charge is 2.16. The van der Waals surface area contributed by atoms with E-state index in [2.05, 4.69) is 15.9 Å². The highest BCUT2D eigenvalue weighted by atomic mass is 79.9. The molecule has 0 aromatic heterocycles. The fraction of sp³-hybridized carbons (Fsp3) is 0.778. The van der Waals surface area contributed by atoms with Gasteiger partial charge >= 0.3 is 5.97 Å². The molecule has 5 heteroatoms. The van der Waals surface area contributed by atoms with Crippen molar-refractivity contribution in [3.63, 3.8) is 0 Å². The van der Waals surface area contributed by atoms with E-state index in [1.807, 2.05) is 20.8 Å². The number of ether oxygens (including phenoxy) is 1. The monoisotopic (exact) mass is 265 g/mol. The summed E-state index contributed by atoms with van der Waals surface area (Å²) < 4.78 is 4.71. The Hall–Kier alpha value is -0.580. The molecule has 0 spiro atoms. The maximum absolute atomic E-state index is 11.5. The maximum Gasteiger partial charge on any atom is 0.317 e. The lowest BCUT2D eigenvalue weighted by Gasteiger charge is -2.24. The first-order valence-electron chi connectivity index (χ1n) is 4.54. The second-order valence-electron chi connectivity index (χ2n) is 3.07. The molecule has 0 unspecified atom stereocenters. The number of rotatable bonds is 5. The van der Waals surface area contributed by atoms with Gasteiger partial charge in [0.2, 0.25) is 0 Å². The molecule has 0 aliphatic heterocycles. The van der Waals surface area contributed by atoms with E-state index in [1.165, 1.54) is 0 Å². The third-order valence-electron chi connectivity index (χ3n) is 1.75. The summed E-state index contributed by atoms with van der Waals surface area (Å²) in [5.41, 5.74) is 0. The van der Waals surface area contributed by atoms with Gasteiger partial charge in [0.05, 0.1) is 0 Å². The molecule has 0 aliphatic rings. The molecule has 1 amide bonds. The van der Waals surface area contributed by atoms with Gasteiger partial charge in [0, 0.05) is 12.6 Å². The second-order valence-corrected chi connectivity index (χ2v) is 3.63. The van der Waals surface area contributed by atoms with Crippen LogP contribution >= 0.6 is 15.9 Å². The van der Waals surface area contributed by atoms with Crippen LogP contribution in [0.15, 0.2) is 0 Å². The van der Waals surface area contributed by atoms with Crippen molar-refractivity contribution in [1.82, 2.24) is 4.90 Å². The van der Waals surface area contributed by atoms with E-state index in [-0.39, 0.29) is 23.9 Å². The molecule has 0 N–H and O–H groups in total. The second kappa shape index (κ2) is 6.81. The summed E-state index contributed by atoms with van der Waals surface area (Å²) in [5, 5.41) is 0.119. The predicted octanol–water partition coefficient (Wildman–Crippen LogP) is 1.18. The van der Waals surface area contributed by atoms with Crippen LogP contribution in [0.2, 0.25) is 0 Å². The minimum atomic E-state index is -0.418. The zero-order chi connectivity index (χ0) is 11.1. The van der Waals surface area contributed by atoms with Crippen LogP contribution in [0.25, 0.3) is 0 Å². The third kappa shape index (κ3) is 4.60. The lowest BCUT2D eigenvalue weighted by atomic mass is 10.3. The molecule has 0 fully saturated rings. The molecular formula is C9H16BrNO3. The van der Waals surface area contributed by atoms with Gasteiger partial charge < -0.3 is 9.64 Å². The van der Waals surface area contributed by atoms with E-state index in [9.17, 15) is 9.59 Å². The maximum atomic E-state index is 11.5. The quantitative estimate of drug-likeness (QED) is 0.554. The van der Waals surface area contributed by atoms with Crippen LogP contribution in [0.1, 0.15) is 20.8 Å². The van der Waals surface area contributed by atoms with Gasteiger partial charge in [-0.05, 0) is 20.8 Å². The van der Waals surface area contributed by atoms with Crippen LogP contribution in [-0.4, -0.2) is 41.3 Å². The average Bonchev–Trinajstić information content (AvgIpc) is 2.14. The van der Waals surface area contributed by atoms with E-state index in [0.717, 1.165) is 0 Å². The number of halogens is 1. The molecule has 0 aromatic carbocycles. The van der Waals surface area contributed by atoms with Crippen molar-refractivity contribution in [3.05, 3.63) is 0 Å². The molecule has 4 nitrogen and oxygen atoms in total. The SMILES string of the molecule is CCN(C(=O)COC(=O)CBr)C(C)C. The lowest BCUT2D eigenvalue weighted by molar-refractivity contribution is -0.150. The van der Waals surface area contributed by atoms with E-state index >= 15 is 0 Å². The van der Waals surface area contributed by atoms with Crippen LogP contribution < -0.4 is 0 Å². The van der Waals surface area contributed by atoms with Crippen molar-refractivity contribution in [2.24, 2.45) is 0 Å². The molecule has 0 saturated heterocycles. The normalized spacial score (nSPS) is 10.1. The van der Waals surface area contributed by atoms with Crippen molar-refractivity contribution < 1.29 is 14.3 Å².